The molecule has 1 nitrogen and oxygen atoms in total. The van der Waals surface area contributed by atoms with Gasteiger partial charge >= 0.3 is 250 Å². The molecule has 0 atom stereocenters. The van der Waals surface area contributed by atoms with Crippen molar-refractivity contribution in [3.05, 3.63) is 179 Å². The number of halogens is 2. The first-order chi connectivity index (χ1) is 19.7. The van der Waals surface area contributed by atoms with E-state index >= 15 is 0 Å². The first kappa shape index (κ1) is 25.8. The molecular weight excluding hydrogens is 567 g/mol. The summed E-state index contributed by atoms with van der Waals surface area (Å²) in [6.45, 7) is 0. The minimum absolute atomic E-state index is 0.0245. The van der Waals surface area contributed by atoms with Gasteiger partial charge < -0.3 is 0 Å². The summed E-state index contributed by atoms with van der Waals surface area (Å²) in [6, 6.07) is 51.4. The maximum absolute atomic E-state index is 6.98. The Morgan fingerprint density at radius 2 is 1.00 bits per heavy atom. The van der Waals surface area contributed by atoms with Crippen LogP contribution < -0.4 is 0 Å². The van der Waals surface area contributed by atoms with Crippen LogP contribution in [0.1, 0.15) is 39.3 Å². The fourth-order valence-electron chi connectivity index (χ4n) is 6.50. The molecule has 1 aliphatic rings. The van der Waals surface area contributed by atoms with Crippen LogP contribution in [0, 0.1) is 0 Å². The van der Waals surface area contributed by atoms with Crippen LogP contribution in [0.15, 0.2) is 146 Å². The Morgan fingerprint density at radius 1 is 0.500 bits per heavy atom. The molecule has 0 saturated heterocycles. The van der Waals surface area contributed by atoms with Crippen LogP contribution in [0.5, 0.6) is 0 Å². The first-order valence-corrected chi connectivity index (χ1v) is 18.3. The second-order valence-electron chi connectivity index (χ2n) is 10.1. The molecule has 0 fully saturated rings. The van der Waals surface area contributed by atoms with Crippen molar-refractivity contribution in [3.63, 3.8) is 0 Å². The van der Waals surface area contributed by atoms with E-state index in [9.17, 15) is 0 Å². The molecule has 1 aliphatic carbocycles. The zero-order valence-electron chi connectivity index (χ0n) is 21.6. The minimum atomic E-state index is -2.94. The molecule has 6 aromatic carbocycles. The molecule has 0 aromatic heterocycles. The molecule has 4 heteroatoms. The normalized spacial score (nSPS) is 12.8. The van der Waals surface area contributed by atoms with Gasteiger partial charge in [0.25, 0.3) is 0 Å². The topological polar surface area (TPSA) is 9.23 Å². The molecule has 0 unspecified atom stereocenters. The Morgan fingerprint density at radius 3 is 1.57 bits per heavy atom. The van der Waals surface area contributed by atoms with Crippen LogP contribution in [0.2, 0.25) is 0 Å². The van der Waals surface area contributed by atoms with Gasteiger partial charge in [-0.25, -0.2) is 0 Å². The number of benzene rings is 6. The fourth-order valence-corrected chi connectivity index (χ4v) is 8.34. The van der Waals surface area contributed by atoms with Gasteiger partial charge in [0.1, 0.15) is 0 Å². The van der Waals surface area contributed by atoms with E-state index in [2.05, 4.69) is 133 Å². The number of hydrogen-bond acceptors (Lipinski definition) is 1. The summed E-state index contributed by atoms with van der Waals surface area (Å²) in [5, 5.41) is 2.27. The molecule has 0 N–H and O–H groups in total. The van der Waals surface area contributed by atoms with Gasteiger partial charge in [-0.2, -0.15) is 0 Å². The summed E-state index contributed by atoms with van der Waals surface area (Å²) in [4.78, 5) is 0. The maximum atomic E-state index is 6.98. The molecule has 40 heavy (non-hydrogen) atoms. The van der Waals surface area contributed by atoms with Crippen molar-refractivity contribution in [2.75, 3.05) is 0 Å². The van der Waals surface area contributed by atoms with Crippen LogP contribution in [-0.2, 0) is 25.1 Å². The Balaban J connectivity index is 1.66. The summed E-state index contributed by atoms with van der Waals surface area (Å²) in [5.74, 6) is 0.0245. The van der Waals surface area contributed by atoms with Gasteiger partial charge in [0.15, 0.2) is 0 Å². The van der Waals surface area contributed by atoms with Crippen molar-refractivity contribution in [2.45, 2.75) is 11.5 Å². The third-order valence-electron chi connectivity index (χ3n) is 8.05. The zero-order valence-corrected chi connectivity index (χ0v) is 24.7. The SMILES string of the molecule is [Cl][Ti]([Cl])[O]C(c1ccccc1)(c1ccccc1)c1c(C2c3ccccc3-c3ccccc32)ccc2ccccc12. The van der Waals surface area contributed by atoms with Gasteiger partial charge in [0.05, 0.1) is 0 Å². The second-order valence-corrected chi connectivity index (χ2v) is 14.8. The predicted molar refractivity (Wildman–Crippen MR) is 162 cm³/mol. The van der Waals surface area contributed by atoms with Gasteiger partial charge in [-0.1, -0.05) is 0 Å². The van der Waals surface area contributed by atoms with Gasteiger partial charge in [0.2, 0.25) is 0 Å². The monoisotopic (exact) mass is 591 g/mol. The molecule has 0 amide bonds. The van der Waals surface area contributed by atoms with Crippen molar-refractivity contribution in [1.29, 1.82) is 0 Å². The summed E-state index contributed by atoms with van der Waals surface area (Å²) >= 11 is -2.94. The molecule has 0 radical (unpaired) electrons. The Hall–Kier alpha value is -3.17. The Kier molecular flexibility index (Phi) is 6.88. The van der Waals surface area contributed by atoms with E-state index in [-0.39, 0.29) is 5.92 Å². The van der Waals surface area contributed by atoms with E-state index in [1.807, 2.05) is 12.1 Å². The molecule has 193 valence electrons. The van der Waals surface area contributed by atoms with E-state index in [1.54, 1.807) is 0 Å². The van der Waals surface area contributed by atoms with Gasteiger partial charge in [-0.15, -0.1) is 0 Å². The predicted octanol–water partition coefficient (Wildman–Crippen LogP) is 10.1. The van der Waals surface area contributed by atoms with Crippen LogP contribution in [0.3, 0.4) is 0 Å². The van der Waals surface area contributed by atoms with E-state index in [0.29, 0.717) is 0 Å². The molecule has 0 saturated carbocycles. The standard InChI is InChI=1S/C36H25O.2ClH.Ti/c37-36(26-14-3-1-4-15-26,27-16-5-2-6-17-27)35-28-18-8-7-13-25(28)23-24-33(35)34-31-21-11-9-19-29(31)30-20-10-12-22-32(30)34;;;/h1-24,34H;2*1H;/q-1;;;+3/p-2. The summed E-state index contributed by atoms with van der Waals surface area (Å²) < 4.78 is 6.98. The van der Waals surface area contributed by atoms with Crippen LogP contribution in [0.25, 0.3) is 21.9 Å². The van der Waals surface area contributed by atoms with Crippen molar-refractivity contribution >= 4 is 29.4 Å². The third kappa shape index (κ3) is 4.17. The summed E-state index contributed by atoms with van der Waals surface area (Å²) in [5.41, 5.74) is 8.42. The molecule has 7 rings (SSSR count). The van der Waals surface area contributed by atoms with E-state index in [4.69, 9.17) is 21.9 Å². The van der Waals surface area contributed by atoms with Crippen molar-refractivity contribution in [1.82, 2.24) is 0 Å². The Bertz CT molecular complexity index is 1730. The number of fused-ring (bicyclic) bond motifs is 4. The fraction of sp³-hybridized carbons (Fsp3) is 0.0556. The Labute approximate surface area is 249 Å². The zero-order chi connectivity index (χ0) is 27.1. The quantitative estimate of drug-likeness (QED) is 0.138. The molecular formula is C36H25Cl2OTi. The van der Waals surface area contributed by atoms with Gasteiger partial charge in [0, 0.05) is 0 Å². The summed E-state index contributed by atoms with van der Waals surface area (Å²) in [6.07, 6.45) is 0. The molecule has 0 spiro atoms. The number of rotatable bonds is 6. The average molecular weight is 592 g/mol. The van der Waals surface area contributed by atoms with E-state index in [1.165, 1.54) is 27.8 Å². The van der Waals surface area contributed by atoms with Gasteiger partial charge in [-0.3, -0.25) is 0 Å². The molecule has 0 aliphatic heterocycles. The van der Waals surface area contributed by atoms with E-state index < -0.39 is 21.7 Å². The molecule has 0 bridgehead atoms. The second kappa shape index (κ2) is 10.7. The number of hydrogen-bond donors (Lipinski definition) is 0. The molecule has 0 heterocycles. The van der Waals surface area contributed by atoms with Gasteiger partial charge in [-0.05, 0) is 0 Å². The first-order valence-electron chi connectivity index (χ1n) is 13.4. The van der Waals surface area contributed by atoms with E-state index in [0.717, 1.165) is 27.5 Å². The molecule has 6 aromatic rings. The summed E-state index contributed by atoms with van der Waals surface area (Å²) in [7, 11) is 13.5. The van der Waals surface area contributed by atoms with Crippen LogP contribution in [0.4, 0.5) is 0 Å². The van der Waals surface area contributed by atoms with Crippen LogP contribution in [-0.4, -0.2) is 0 Å². The van der Waals surface area contributed by atoms with Crippen molar-refractivity contribution in [3.8, 4) is 11.1 Å². The van der Waals surface area contributed by atoms with Crippen molar-refractivity contribution < 1.29 is 19.5 Å². The van der Waals surface area contributed by atoms with Crippen LogP contribution >= 0.6 is 18.6 Å². The average Bonchev–Trinajstić information content (AvgIpc) is 3.34. The van der Waals surface area contributed by atoms with Crippen molar-refractivity contribution in [2.24, 2.45) is 0 Å². The third-order valence-corrected chi connectivity index (χ3v) is 9.40.